The highest BCUT2D eigenvalue weighted by molar-refractivity contribution is 9.10. The van der Waals surface area contributed by atoms with Gasteiger partial charge >= 0.3 is 0 Å². The van der Waals surface area contributed by atoms with Crippen molar-refractivity contribution in [3.63, 3.8) is 0 Å². The molecular formula is C20H21BrN2O3S. The zero-order valence-electron chi connectivity index (χ0n) is 15.1. The molecule has 5 nitrogen and oxygen atoms in total. The van der Waals surface area contributed by atoms with Gasteiger partial charge in [0.05, 0.1) is 9.40 Å². The van der Waals surface area contributed by atoms with E-state index >= 15 is 0 Å². The van der Waals surface area contributed by atoms with Crippen LogP contribution in [0.3, 0.4) is 0 Å². The summed E-state index contributed by atoms with van der Waals surface area (Å²) in [5, 5.41) is 10.7. The Labute approximate surface area is 172 Å². The summed E-state index contributed by atoms with van der Waals surface area (Å²) >= 11 is 9.23. The van der Waals surface area contributed by atoms with Gasteiger partial charge in [-0.1, -0.05) is 19.1 Å². The Morgan fingerprint density at radius 1 is 1.26 bits per heavy atom. The van der Waals surface area contributed by atoms with Crippen molar-refractivity contribution >= 4 is 38.8 Å². The van der Waals surface area contributed by atoms with Gasteiger partial charge in [0.25, 0.3) is 5.69 Å². The summed E-state index contributed by atoms with van der Waals surface area (Å²) < 4.78 is 6.69. The molecule has 0 saturated carbocycles. The van der Waals surface area contributed by atoms with Crippen molar-refractivity contribution in [1.29, 1.82) is 0 Å². The Balaban J connectivity index is 1.62. The second kappa shape index (κ2) is 8.80. The second-order valence-electron chi connectivity index (χ2n) is 6.83. The van der Waals surface area contributed by atoms with Crippen molar-refractivity contribution in [2.24, 2.45) is 5.92 Å². The zero-order chi connectivity index (χ0) is 19.4. The van der Waals surface area contributed by atoms with Gasteiger partial charge in [0.15, 0.2) is 0 Å². The number of nitro groups is 1. The molecule has 0 aromatic heterocycles. The predicted molar refractivity (Wildman–Crippen MR) is 113 cm³/mol. The normalized spacial score (nSPS) is 14.8. The van der Waals surface area contributed by atoms with Gasteiger partial charge in [-0.3, -0.25) is 10.1 Å². The van der Waals surface area contributed by atoms with E-state index in [1.807, 2.05) is 18.2 Å². The first-order chi connectivity index (χ1) is 12.9. The minimum absolute atomic E-state index is 0.0740. The van der Waals surface area contributed by atoms with Crippen molar-refractivity contribution in [2.75, 3.05) is 13.1 Å². The fourth-order valence-corrected chi connectivity index (χ4v) is 3.82. The maximum Gasteiger partial charge on any atom is 0.269 e. The van der Waals surface area contributed by atoms with E-state index in [-0.39, 0.29) is 5.69 Å². The third-order valence-electron chi connectivity index (χ3n) is 4.79. The summed E-state index contributed by atoms with van der Waals surface area (Å²) in [5.74, 6) is 1.48. The van der Waals surface area contributed by atoms with E-state index in [1.54, 1.807) is 12.1 Å². The number of non-ortho nitro benzene ring substituents is 1. The molecule has 3 rings (SSSR count). The third-order valence-corrected chi connectivity index (χ3v) is 5.90. The van der Waals surface area contributed by atoms with Crippen molar-refractivity contribution in [1.82, 2.24) is 4.90 Å². The smallest absolute Gasteiger partial charge is 0.269 e. The Bertz CT molecular complexity index is 834. The molecule has 0 unspecified atom stereocenters. The molecule has 1 aliphatic rings. The summed E-state index contributed by atoms with van der Waals surface area (Å²) in [5.41, 5.74) is 1.95. The summed E-state index contributed by atoms with van der Waals surface area (Å²) in [7, 11) is 0. The molecule has 1 heterocycles. The van der Waals surface area contributed by atoms with E-state index in [0.29, 0.717) is 12.4 Å². The zero-order valence-corrected chi connectivity index (χ0v) is 17.5. The van der Waals surface area contributed by atoms with E-state index in [1.165, 1.54) is 25.0 Å². The Kier molecular flexibility index (Phi) is 6.44. The van der Waals surface area contributed by atoms with Gasteiger partial charge in [0, 0.05) is 30.8 Å². The maximum atomic E-state index is 10.7. The van der Waals surface area contributed by atoms with Crippen LogP contribution in [-0.2, 0) is 6.61 Å². The molecular weight excluding hydrogens is 428 g/mol. The Morgan fingerprint density at radius 2 is 1.93 bits per heavy atom. The van der Waals surface area contributed by atoms with Crippen LogP contribution >= 0.6 is 28.1 Å². The quantitative estimate of drug-likeness (QED) is 0.350. The summed E-state index contributed by atoms with van der Waals surface area (Å²) in [6, 6.07) is 12.2. The largest absolute Gasteiger partial charge is 0.488 e. The monoisotopic (exact) mass is 448 g/mol. The number of hydrogen-bond acceptors (Lipinski definition) is 4. The summed E-state index contributed by atoms with van der Waals surface area (Å²) in [6.45, 7) is 4.64. The van der Waals surface area contributed by atoms with Crippen LogP contribution in [-0.4, -0.2) is 27.9 Å². The molecule has 2 aromatic rings. The lowest BCUT2D eigenvalue weighted by atomic mass is 9.99. The first-order valence-electron chi connectivity index (χ1n) is 8.89. The summed E-state index contributed by atoms with van der Waals surface area (Å²) in [6.07, 6.45) is 2.36. The number of nitro benzene ring substituents is 1. The number of ether oxygens (including phenoxy) is 1. The second-order valence-corrected chi connectivity index (χ2v) is 8.07. The fraction of sp³-hybridized carbons (Fsp3) is 0.350. The molecule has 1 saturated heterocycles. The topological polar surface area (TPSA) is 55.6 Å². The number of likely N-dealkylation sites (tertiary alicyclic amines) is 1. The lowest BCUT2D eigenvalue weighted by molar-refractivity contribution is -0.384. The molecule has 27 heavy (non-hydrogen) atoms. The molecule has 7 heteroatoms. The first-order valence-corrected chi connectivity index (χ1v) is 10.1. The van der Waals surface area contributed by atoms with Gasteiger partial charge in [0.2, 0.25) is 0 Å². The molecule has 0 bridgehead atoms. The van der Waals surface area contributed by atoms with E-state index in [2.05, 4.69) is 27.8 Å². The van der Waals surface area contributed by atoms with E-state index in [9.17, 15) is 10.1 Å². The van der Waals surface area contributed by atoms with E-state index in [0.717, 1.165) is 39.6 Å². The van der Waals surface area contributed by atoms with Crippen molar-refractivity contribution in [3.8, 4) is 5.75 Å². The average Bonchev–Trinajstić information content (AvgIpc) is 2.67. The van der Waals surface area contributed by atoms with Crippen LogP contribution in [0.25, 0.3) is 0 Å². The molecule has 0 atom stereocenters. The van der Waals surface area contributed by atoms with Crippen molar-refractivity contribution < 1.29 is 9.66 Å². The molecule has 0 spiro atoms. The van der Waals surface area contributed by atoms with Gasteiger partial charge in [-0.25, -0.2) is 0 Å². The van der Waals surface area contributed by atoms with Crippen LogP contribution < -0.4 is 4.74 Å². The van der Waals surface area contributed by atoms with Crippen LogP contribution in [0.2, 0.25) is 0 Å². The highest BCUT2D eigenvalue weighted by atomic mass is 79.9. The highest BCUT2D eigenvalue weighted by Gasteiger charge is 2.19. The maximum absolute atomic E-state index is 10.7. The molecule has 2 aromatic carbocycles. The molecule has 1 fully saturated rings. The Morgan fingerprint density at radius 3 is 2.52 bits per heavy atom. The van der Waals surface area contributed by atoms with Gasteiger partial charge < -0.3 is 9.64 Å². The van der Waals surface area contributed by atoms with Crippen LogP contribution in [0, 0.1) is 16.0 Å². The molecule has 142 valence electrons. The minimum Gasteiger partial charge on any atom is -0.488 e. The van der Waals surface area contributed by atoms with Crippen molar-refractivity contribution in [2.45, 2.75) is 26.4 Å². The van der Waals surface area contributed by atoms with E-state index < -0.39 is 4.92 Å². The van der Waals surface area contributed by atoms with Gasteiger partial charge in [-0.05, 0) is 70.6 Å². The lowest BCUT2D eigenvalue weighted by Crippen LogP contribution is -2.37. The number of thiocarbonyl (C=S) groups is 1. The number of halogens is 1. The SMILES string of the molecule is CC1CCN(C(=S)c2ccc(OCc3ccc([N+](=O)[O-])cc3)c(Br)c2)CC1. The van der Waals surface area contributed by atoms with Crippen LogP contribution in [0.5, 0.6) is 5.75 Å². The minimum atomic E-state index is -0.411. The number of rotatable bonds is 5. The number of piperidine rings is 1. The van der Waals surface area contributed by atoms with E-state index in [4.69, 9.17) is 17.0 Å². The van der Waals surface area contributed by atoms with Crippen LogP contribution in [0.15, 0.2) is 46.9 Å². The highest BCUT2D eigenvalue weighted by Crippen LogP contribution is 2.28. The third kappa shape index (κ3) is 5.05. The number of benzene rings is 2. The first kappa shape index (κ1) is 19.8. The summed E-state index contributed by atoms with van der Waals surface area (Å²) in [4.78, 5) is 13.4. The predicted octanol–water partition coefficient (Wildman–Crippen LogP) is 5.34. The molecule has 0 amide bonds. The van der Waals surface area contributed by atoms with Crippen molar-refractivity contribution in [3.05, 3.63) is 68.2 Å². The number of hydrogen-bond donors (Lipinski definition) is 0. The molecule has 0 radical (unpaired) electrons. The Hall–Kier alpha value is -1.99. The van der Waals surface area contributed by atoms with Gasteiger partial charge in [-0.2, -0.15) is 0 Å². The molecule has 1 aliphatic heterocycles. The van der Waals surface area contributed by atoms with Gasteiger partial charge in [0.1, 0.15) is 17.3 Å². The van der Waals surface area contributed by atoms with Gasteiger partial charge in [-0.15, -0.1) is 0 Å². The number of nitrogens with zero attached hydrogens (tertiary/aromatic N) is 2. The molecule has 0 aliphatic carbocycles. The fourth-order valence-electron chi connectivity index (χ4n) is 3.02. The lowest BCUT2D eigenvalue weighted by Gasteiger charge is -2.32. The van der Waals surface area contributed by atoms with Crippen LogP contribution in [0.4, 0.5) is 5.69 Å². The van der Waals surface area contributed by atoms with Crippen LogP contribution in [0.1, 0.15) is 30.9 Å². The molecule has 0 N–H and O–H groups in total. The average molecular weight is 449 g/mol. The standard InChI is InChI=1S/C20H21BrN2O3S/c1-14-8-10-22(11-9-14)20(27)16-4-7-19(18(21)12-16)26-13-15-2-5-17(6-3-15)23(24)25/h2-7,12,14H,8-11,13H2,1H3.